The van der Waals surface area contributed by atoms with E-state index in [9.17, 15) is 9.59 Å². The fourth-order valence-electron chi connectivity index (χ4n) is 3.72. The van der Waals surface area contributed by atoms with Crippen LogP contribution in [0, 0.1) is 0 Å². The summed E-state index contributed by atoms with van der Waals surface area (Å²) in [6, 6.07) is 27.2. The molecule has 1 heterocycles. The second-order valence-corrected chi connectivity index (χ2v) is 9.14. The molecule has 1 aliphatic rings. The van der Waals surface area contributed by atoms with E-state index in [1.807, 2.05) is 78.9 Å². The third-order valence-electron chi connectivity index (χ3n) is 5.42. The Morgan fingerprint density at radius 2 is 1.50 bits per heavy atom. The number of rotatable bonds is 4. The molecule has 4 aromatic carbocycles. The molecule has 1 atom stereocenters. The second kappa shape index (κ2) is 8.09. The van der Waals surface area contributed by atoms with Gasteiger partial charge in [0.15, 0.2) is 0 Å². The van der Waals surface area contributed by atoms with E-state index in [2.05, 4.69) is 11.1 Å². The van der Waals surface area contributed by atoms with E-state index in [-0.39, 0.29) is 5.91 Å². The summed E-state index contributed by atoms with van der Waals surface area (Å²) < 4.78 is 4.86. The molecule has 5 heteroatoms. The highest BCUT2D eigenvalue weighted by atomic mass is 32.2. The van der Waals surface area contributed by atoms with Gasteiger partial charge in [0, 0.05) is 22.4 Å². The quantitative estimate of drug-likeness (QED) is 0.172. The van der Waals surface area contributed by atoms with Crippen LogP contribution >= 0.6 is 11.8 Å². The van der Waals surface area contributed by atoms with E-state index in [4.69, 9.17) is 4.74 Å². The van der Waals surface area contributed by atoms with Crippen molar-refractivity contribution in [3.8, 4) is 5.75 Å². The van der Waals surface area contributed by atoms with Crippen LogP contribution in [0.15, 0.2) is 102 Å². The van der Waals surface area contributed by atoms with Crippen LogP contribution in [-0.2, 0) is 9.59 Å². The normalized spacial score (nSPS) is 18.4. The van der Waals surface area contributed by atoms with E-state index in [1.165, 1.54) is 17.8 Å². The summed E-state index contributed by atoms with van der Waals surface area (Å²) in [6.07, 6.45) is 2.90. The van der Waals surface area contributed by atoms with Crippen molar-refractivity contribution in [3.63, 3.8) is 0 Å². The summed E-state index contributed by atoms with van der Waals surface area (Å²) in [5, 5.41) is 4.36. The molecule has 0 aliphatic carbocycles. The molecular weight excluding hydrogens is 418 g/mol. The minimum absolute atomic E-state index is 0.291. The number of esters is 1. The molecule has 0 fully saturated rings. The third kappa shape index (κ3) is 3.72. The number of hydrogen-bond donors (Lipinski definition) is 0. The molecule has 4 nitrogen and oxygen atoms in total. The van der Waals surface area contributed by atoms with Crippen LogP contribution in [0.5, 0.6) is 5.75 Å². The molecule has 0 saturated heterocycles. The van der Waals surface area contributed by atoms with Crippen molar-refractivity contribution in [1.82, 2.24) is 0 Å². The molecule has 0 saturated carbocycles. The monoisotopic (exact) mass is 437 g/mol. The number of benzene rings is 4. The molecular formula is C27H19NO3S. The Morgan fingerprint density at radius 1 is 0.906 bits per heavy atom. The Hall–Kier alpha value is -3.70. The summed E-state index contributed by atoms with van der Waals surface area (Å²) >= 11 is 1.33. The maximum atomic E-state index is 12.8. The van der Waals surface area contributed by atoms with Gasteiger partial charge in [-0.2, -0.15) is 0 Å². The van der Waals surface area contributed by atoms with Crippen molar-refractivity contribution in [1.29, 1.82) is 0 Å². The van der Waals surface area contributed by atoms with Gasteiger partial charge in [-0.15, -0.1) is 0 Å². The van der Waals surface area contributed by atoms with Crippen molar-refractivity contribution >= 4 is 50.2 Å². The van der Waals surface area contributed by atoms with Gasteiger partial charge in [0.1, 0.15) is 15.5 Å². The van der Waals surface area contributed by atoms with Crippen LogP contribution in [-0.4, -0.2) is 21.7 Å². The van der Waals surface area contributed by atoms with Gasteiger partial charge in [0.2, 0.25) is 0 Å². The number of nitrogens with zero attached hydrogens (tertiary/aromatic N) is 1. The van der Waals surface area contributed by atoms with Gasteiger partial charge in [0.25, 0.3) is 5.91 Å². The van der Waals surface area contributed by atoms with Crippen molar-refractivity contribution in [3.05, 3.63) is 103 Å². The fraction of sp³-hybridized carbons (Fsp3) is 0.0741. The number of carbonyl (C=O) groups excluding carboxylic acids is 2. The molecule has 1 aliphatic heterocycles. The standard InChI is InChI=1S/C27H19NO3S/c1-27(26(30)28-25(32-27)18-9-3-2-4-10-18)16-15-23(29)31-24-21-13-7-5-11-19(21)17-20-12-6-8-14-22(20)24/h2-17H,1H3/b16-15+/t27-/m1/s1. The summed E-state index contributed by atoms with van der Waals surface area (Å²) in [5.74, 6) is -0.305. The van der Waals surface area contributed by atoms with Crippen LogP contribution < -0.4 is 4.74 Å². The summed E-state index contributed by atoms with van der Waals surface area (Å²) in [5.41, 5.74) is 0.882. The molecule has 1 amide bonds. The summed E-state index contributed by atoms with van der Waals surface area (Å²) in [4.78, 5) is 29.6. The van der Waals surface area contributed by atoms with Crippen LogP contribution in [0.25, 0.3) is 21.5 Å². The predicted molar refractivity (Wildman–Crippen MR) is 130 cm³/mol. The topological polar surface area (TPSA) is 55.7 Å². The molecule has 32 heavy (non-hydrogen) atoms. The third-order valence-corrected chi connectivity index (χ3v) is 6.67. The van der Waals surface area contributed by atoms with E-state index in [0.717, 1.165) is 27.1 Å². The molecule has 0 bridgehead atoms. The molecule has 4 aromatic rings. The first-order valence-electron chi connectivity index (χ1n) is 10.2. The number of thioether (sulfide) groups is 1. The van der Waals surface area contributed by atoms with Crippen LogP contribution in [0.1, 0.15) is 12.5 Å². The maximum Gasteiger partial charge on any atom is 0.335 e. The minimum atomic E-state index is -0.953. The highest BCUT2D eigenvalue weighted by Crippen LogP contribution is 2.38. The van der Waals surface area contributed by atoms with Crippen molar-refractivity contribution in [2.45, 2.75) is 11.7 Å². The fourth-order valence-corrected chi connectivity index (χ4v) is 4.78. The first-order valence-corrected chi connectivity index (χ1v) is 11.0. The van der Waals surface area contributed by atoms with Gasteiger partial charge in [0.05, 0.1) is 0 Å². The van der Waals surface area contributed by atoms with Crippen LogP contribution in [0.4, 0.5) is 0 Å². The predicted octanol–water partition coefficient (Wildman–Crippen LogP) is 5.93. The molecule has 156 valence electrons. The van der Waals surface area contributed by atoms with Crippen LogP contribution in [0.2, 0.25) is 0 Å². The van der Waals surface area contributed by atoms with Gasteiger partial charge in [-0.1, -0.05) is 96.7 Å². The highest BCUT2D eigenvalue weighted by Gasteiger charge is 2.39. The van der Waals surface area contributed by atoms with Gasteiger partial charge >= 0.3 is 5.97 Å². The molecule has 0 N–H and O–H groups in total. The Kier molecular flexibility index (Phi) is 5.11. The Labute approximate surface area is 189 Å². The number of carbonyl (C=O) groups is 2. The number of fused-ring (bicyclic) bond motifs is 2. The Bertz CT molecular complexity index is 1370. The lowest BCUT2D eigenvalue weighted by atomic mass is 10.0. The van der Waals surface area contributed by atoms with Gasteiger partial charge in [-0.25, -0.2) is 9.79 Å². The number of ether oxygens (including phenoxy) is 1. The number of amides is 1. The van der Waals surface area contributed by atoms with Crippen LogP contribution in [0.3, 0.4) is 0 Å². The average molecular weight is 438 g/mol. The van der Waals surface area contributed by atoms with E-state index in [1.54, 1.807) is 13.0 Å². The Balaban J connectivity index is 1.42. The Morgan fingerprint density at radius 3 is 2.16 bits per heavy atom. The lowest BCUT2D eigenvalue weighted by Crippen LogP contribution is -2.24. The van der Waals surface area contributed by atoms with Crippen molar-refractivity contribution < 1.29 is 14.3 Å². The van der Waals surface area contributed by atoms with E-state index in [0.29, 0.717) is 10.8 Å². The lowest BCUT2D eigenvalue weighted by molar-refractivity contribution is -0.128. The average Bonchev–Trinajstić information content (AvgIpc) is 3.13. The number of aliphatic imine (C=N–C) groups is 1. The SMILES string of the molecule is C[C@]1(/C=C/C(=O)Oc2c3ccccc3cc3ccccc23)SC(c2ccccc2)=NC1=O. The van der Waals surface area contributed by atoms with Gasteiger partial charge in [-0.05, 0) is 23.8 Å². The molecule has 0 aromatic heterocycles. The largest absolute Gasteiger partial charge is 0.422 e. The summed E-state index contributed by atoms with van der Waals surface area (Å²) in [6.45, 7) is 1.76. The first-order chi connectivity index (χ1) is 15.5. The smallest absolute Gasteiger partial charge is 0.335 e. The van der Waals surface area contributed by atoms with Crippen molar-refractivity contribution in [2.75, 3.05) is 0 Å². The highest BCUT2D eigenvalue weighted by molar-refractivity contribution is 8.16. The zero-order chi connectivity index (χ0) is 22.1. The second-order valence-electron chi connectivity index (χ2n) is 7.70. The summed E-state index contributed by atoms with van der Waals surface area (Å²) in [7, 11) is 0. The zero-order valence-electron chi connectivity index (χ0n) is 17.3. The zero-order valence-corrected chi connectivity index (χ0v) is 18.1. The number of hydrogen-bond acceptors (Lipinski definition) is 4. The van der Waals surface area contributed by atoms with Gasteiger partial charge < -0.3 is 4.74 Å². The lowest BCUT2D eigenvalue weighted by Gasteiger charge is -2.15. The first kappa shape index (κ1) is 20.2. The molecule has 0 spiro atoms. The maximum absolute atomic E-state index is 12.8. The van der Waals surface area contributed by atoms with Crippen molar-refractivity contribution in [2.24, 2.45) is 4.99 Å². The molecule has 0 unspecified atom stereocenters. The minimum Gasteiger partial charge on any atom is -0.422 e. The van der Waals surface area contributed by atoms with E-state index >= 15 is 0 Å². The molecule has 5 rings (SSSR count). The molecule has 0 radical (unpaired) electrons. The van der Waals surface area contributed by atoms with Gasteiger partial charge in [-0.3, -0.25) is 4.79 Å². The van der Waals surface area contributed by atoms with E-state index < -0.39 is 10.7 Å².